The van der Waals surface area contributed by atoms with Crippen molar-refractivity contribution in [2.75, 3.05) is 24.5 Å². The molecule has 0 radical (unpaired) electrons. The van der Waals surface area contributed by atoms with Crippen LogP contribution in [0.4, 0.5) is 5.69 Å². The number of ketones is 1. The highest BCUT2D eigenvalue weighted by Crippen LogP contribution is 2.22. The molecule has 2 aromatic rings. The van der Waals surface area contributed by atoms with Gasteiger partial charge in [0.2, 0.25) is 0 Å². The number of carbonyl (C=O) groups is 1. The minimum atomic E-state index is -0.720. The minimum Gasteiger partial charge on any atom is -0.422 e. The molecule has 0 aliphatic heterocycles. The summed E-state index contributed by atoms with van der Waals surface area (Å²) in [5, 5.41) is 3.83. The van der Waals surface area contributed by atoms with E-state index in [1.807, 2.05) is 19.9 Å². The number of hydrogen-bond acceptors (Lipinski definition) is 5. The number of anilines is 1. The van der Waals surface area contributed by atoms with Crippen molar-refractivity contribution in [3.63, 3.8) is 0 Å². The van der Waals surface area contributed by atoms with Gasteiger partial charge < -0.3 is 9.32 Å². The molecule has 0 spiro atoms. The fourth-order valence-electron chi connectivity index (χ4n) is 2.26. The first kappa shape index (κ1) is 15.6. The van der Waals surface area contributed by atoms with Gasteiger partial charge in [0.25, 0.3) is 0 Å². The molecule has 7 nitrogen and oxygen atoms in total. The fourth-order valence-corrected chi connectivity index (χ4v) is 2.26. The summed E-state index contributed by atoms with van der Waals surface area (Å²) in [6.45, 7) is 5.37. The number of azide groups is 1. The Bertz CT molecular complexity index is 802. The third-order valence-corrected chi connectivity index (χ3v) is 3.43. The summed E-state index contributed by atoms with van der Waals surface area (Å²) in [6, 6.07) is 6.97. The van der Waals surface area contributed by atoms with Crippen LogP contribution in [-0.2, 0) is 0 Å². The van der Waals surface area contributed by atoms with Gasteiger partial charge in [0.1, 0.15) is 11.1 Å². The zero-order valence-electron chi connectivity index (χ0n) is 12.4. The average Bonchev–Trinajstić information content (AvgIpc) is 2.53. The van der Waals surface area contributed by atoms with E-state index in [1.54, 1.807) is 12.1 Å². The molecule has 0 atom stereocenters. The smallest absolute Gasteiger partial charge is 0.347 e. The SMILES string of the molecule is CCN(CC)c1ccc2cc(C(=O)CN=[N+]=[N-])c(=O)oc2c1. The van der Waals surface area contributed by atoms with Crippen molar-refractivity contribution in [1.29, 1.82) is 0 Å². The van der Waals surface area contributed by atoms with Crippen LogP contribution in [0.3, 0.4) is 0 Å². The highest BCUT2D eigenvalue weighted by atomic mass is 16.4. The van der Waals surface area contributed by atoms with Crippen molar-refractivity contribution >= 4 is 22.4 Å². The van der Waals surface area contributed by atoms with Gasteiger partial charge in [-0.25, -0.2) is 4.79 Å². The molecule has 1 heterocycles. The van der Waals surface area contributed by atoms with Gasteiger partial charge in [-0.3, -0.25) is 4.79 Å². The van der Waals surface area contributed by atoms with Crippen molar-refractivity contribution in [2.45, 2.75) is 13.8 Å². The van der Waals surface area contributed by atoms with E-state index in [1.165, 1.54) is 6.07 Å². The van der Waals surface area contributed by atoms with Gasteiger partial charge in [0.05, 0.1) is 6.54 Å². The molecular weight excluding hydrogens is 284 g/mol. The Morgan fingerprint density at radius 2 is 2.05 bits per heavy atom. The topological polar surface area (TPSA) is 99.3 Å². The second kappa shape index (κ2) is 6.78. The molecule has 0 N–H and O–H groups in total. The van der Waals surface area contributed by atoms with Gasteiger partial charge in [0.15, 0.2) is 5.78 Å². The predicted octanol–water partition coefficient (Wildman–Crippen LogP) is 3.13. The van der Waals surface area contributed by atoms with E-state index in [2.05, 4.69) is 14.9 Å². The summed E-state index contributed by atoms with van der Waals surface area (Å²) in [5.74, 6) is -0.554. The Hall–Kier alpha value is -2.79. The fraction of sp³-hybridized carbons (Fsp3) is 0.333. The van der Waals surface area contributed by atoms with Crippen LogP contribution in [0.1, 0.15) is 24.2 Å². The lowest BCUT2D eigenvalue weighted by Crippen LogP contribution is -2.21. The van der Waals surface area contributed by atoms with Gasteiger partial charge in [0, 0.05) is 35.1 Å². The predicted molar refractivity (Wildman–Crippen MR) is 84.4 cm³/mol. The van der Waals surface area contributed by atoms with Gasteiger partial charge >= 0.3 is 5.63 Å². The summed E-state index contributed by atoms with van der Waals surface area (Å²) >= 11 is 0. The van der Waals surface area contributed by atoms with E-state index < -0.39 is 18.0 Å². The van der Waals surface area contributed by atoms with Crippen LogP contribution < -0.4 is 10.5 Å². The summed E-state index contributed by atoms with van der Waals surface area (Å²) in [7, 11) is 0. The Morgan fingerprint density at radius 3 is 2.68 bits per heavy atom. The van der Waals surface area contributed by atoms with Crippen LogP contribution >= 0.6 is 0 Å². The highest BCUT2D eigenvalue weighted by Gasteiger charge is 2.13. The molecule has 22 heavy (non-hydrogen) atoms. The number of Topliss-reactive ketones (excluding diaryl/α,β-unsaturated/α-hetero) is 1. The second-order valence-electron chi connectivity index (χ2n) is 4.65. The molecule has 0 fully saturated rings. The van der Waals surface area contributed by atoms with E-state index in [4.69, 9.17) is 9.95 Å². The molecule has 0 amide bonds. The van der Waals surface area contributed by atoms with E-state index >= 15 is 0 Å². The van der Waals surface area contributed by atoms with Crippen LogP contribution in [0.2, 0.25) is 0 Å². The monoisotopic (exact) mass is 300 g/mol. The van der Waals surface area contributed by atoms with Crippen LogP contribution in [0.15, 0.2) is 38.6 Å². The zero-order chi connectivity index (χ0) is 16.1. The zero-order valence-corrected chi connectivity index (χ0v) is 12.4. The van der Waals surface area contributed by atoms with E-state index in [0.717, 1.165) is 18.8 Å². The third-order valence-electron chi connectivity index (χ3n) is 3.43. The number of benzene rings is 1. The molecule has 7 heteroatoms. The number of fused-ring (bicyclic) bond motifs is 1. The standard InChI is InChI=1S/C15H16N4O3/c1-3-19(4-2)11-6-5-10-7-12(13(20)9-17-18-16)15(21)22-14(10)8-11/h5-8H,3-4,9H2,1-2H3. The summed E-state index contributed by atoms with van der Waals surface area (Å²) in [5.41, 5.74) is 8.79. The first-order chi connectivity index (χ1) is 10.6. The Morgan fingerprint density at radius 1 is 1.32 bits per heavy atom. The maximum atomic E-state index is 11.9. The van der Waals surface area contributed by atoms with Crippen molar-refractivity contribution in [2.24, 2.45) is 5.11 Å². The largest absolute Gasteiger partial charge is 0.422 e. The van der Waals surface area contributed by atoms with Crippen LogP contribution in [0, 0.1) is 0 Å². The Balaban J connectivity index is 2.48. The maximum absolute atomic E-state index is 11.9. The van der Waals surface area contributed by atoms with Crippen molar-refractivity contribution in [3.05, 3.63) is 50.7 Å². The lowest BCUT2D eigenvalue weighted by molar-refractivity contribution is 0.0998. The molecule has 1 aromatic heterocycles. The van der Waals surface area contributed by atoms with E-state index in [9.17, 15) is 9.59 Å². The van der Waals surface area contributed by atoms with Crippen molar-refractivity contribution in [1.82, 2.24) is 0 Å². The average molecular weight is 300 g/mol. The van der Waals surface area contributed by atoms with Crippen molar-refractivity contribution in [3.8, 4) is 0 Å². The maximum Gasteiger partial charge on any atom is 0.347 e. The van der Waals surface area contributed by atoms with E-state index in [0.29, 0.717) is 11.0 Å². The second-order valence-corrected chi connectivity index (χ2v) is 4.65. The lowest BCUT2D eigenvalue weighted by atomic mass is 10.1. The molecule has 0 aliphatic rings. The minimum absolute atomic E-state index is 0.101. The lowest BCUT2D eigenvalue weighted by Gasteiger charge is -2.20. The number of nitrogens with zero attached hydrogens (tertiary/aromatic N) is 4. The molecular formula is C15H16N4O3. The van der Waals surface area contributed by atoms with Gasteiger partial charge in [-0.05, 0) is 37.6 Å². The molecule has 0 unspecified atom stereocenters. The van der Waals surface area contributed by atoms with Crippen LogP contribution in [-0.4, -0.2) is 25.4 Å². The molecule has 1 aromatic carbocycles. The Labute approximate surface area is 126 Å². The first-order valence-electron chi connectivity index (χ1n) is 6.97. The Kier molecular flexibility index (Phi) is 4.80. The highest BCUT2D eigenvalue weighted by molar-refractivity contribution is 5.99. The number of rotatable bonds is 6. The molecule has 114 valence electrons. The molecule has 0 saturated heterocycles. The summed E-state index contributed by atoms with van der Waals surface area (Å²) < 4.78 is 5.24. The van der Waals surface area contributed by atoms with Crippen LogP contribution in [0.5, 0.6) is 0 Å². The quantitative estimate of drug-likeness (QED) is 0.269. The normalized spacial score (nSPS) is 10.3. The van der Waals surface area contributed by atoms with Gasteiger partial charge in [-0.1, -0.05) is 5.11 Å². The van der Waals surface area contributed by atoms with Crippen molar-refractivity contribution < 1.29 is 9.21 Å². The first-order valence-corrected chi connectivity index (χ1v) is 6.97. The molecule has 2 rings (SSSR count). The number of hydrogen-bond donors (Lipinski definition) is 0. The number of carbonyl (C=O) groups excluding carboxylic acids is 1. The summed E-state index contributed by atoms with van der Waals surface area (Å²) in [4.78, 5) is 28.4. The van der Waals surface area contributed by atoms with Gasteiger partial charge in [-0.2, -0.15) is 0 Å². The third kappa shape index (κ3) is 3.10. The van der Waals surface area contributed by atoms with Gasteiger partial charge in [-0.15, -0.1) is 0 Å². The summed E-state index contributed by atoms with van der Waals surface area (Å²) in [6.07, 6.45) is 0. The van der Waals surface area contributed by atoms with Crippen LogP contribution in [0.25, 0.3) is 21.4 Å². The molecule has 0 aliphatic carbocycles. The molecule has 0 saturated carbocycles. The molecule has 0 bridgehead atoms. The van der Waals surface area contributed by atoms with E-state index in [-0.39, 0.29) is 5.56 Å².